The van der Waals surface area contributed by atoms with Crippen molar-refractivity contribution in [3.05, 3.63) is 35.9 Å². The predicted octanol–water partition coefficient (Wildman–Crippen LogP) is 1.74. The minimum Gasteiger partial charge on any atom is -0.394 e. The van der Waals surface area contributed by atoms with Gasteiger partial charge < -0.3 is 19.6 Å². The average molecular weight is 360 g/mol. The number of hydrogen-bond acceptors (Lipinski definition) is 4. The molecule has 3 rings (SSSR count). The minimum atomic E-state index is -0.421. The number of hydrogen-bond donors (Lipinski definition) is 1. The molecule has 0 aromatic heterocycles. The molecule has 2 amide bonds. The van der Waals surface area contributed by atoms with Crippen molar-refractivity contribution in [2.45, 2.75) is 44.2 Å². The highest BCUT2D eigenvalue weighted by molar-refractivity contribution is 5.79. The van der Waals surface area contributed by atoms with Crippen molar-refractivity contribution >= 4 is 11.8 Å². The molecular formula is C20H28N2O4. The molecular weight excluding hydrogens is 332 g/mol. The fourth-order valence-corrected chi connectivity index (χ4v) is 3.86. The Balaban J connectivity index is 1.68. The van der Waals surface area contributed by atoms with Crippen molar-refractivity contribution in [1.29, 1.82) is 0 Å². The van der Waals surface area contributed by atoms with Gasteiger partial charge in [0.2, 0.25) is 11.8 Å². The van der Waals surface area contributed by atoms with E-state index in [1.807, 2.05) is 40.1 Å². The standard InChI is InChI=1S/C20H28N2O4/c23-15-17-20(16-7-3-1-4-8-16)22(13-14-26-17)19(25)10-12-21-11-6-2-5-9-18(21)24/h1,3-4,7-8,17,20,23H,2,5-6,9-15H2/t17-,20-/m1/s1. The van der Waals surface area contributed by atoms with Crippen LogP contribution < -0.4 is 0 Å². The van der Waals surface area contributed by atoms with Crippen molar-refractivity contribution in [3.63, 3.8) is 0 Å². The summed E-state index contributed by atoms with van der Waals surface area (Å²) in [5.41, 5.74) is 0.963. The van der Waals surface area contributed by atoms with E-state index in [0.29, 0.717) is 32.5 Å². The van der Waals surface area contributed by atoms with Crippen molar-refractivity contribution in [2.75, 3.05) is 32.8 Å². The Morgan fingerprint density at radius 2 is 1.96 bits per heavy atom. The largest absolute Gasteiger partial charge is 0.394 e. The van der Waals surface area contributed by atoms with E-state index < -0.39 is 6.10 Å². The first-order valence-corrected chi connectivity index (χ1v) is 9.55. The lowest BCUT2D eigenvalue weighted by Crippen LogP contribution is -2.50. The second kappa shape index (κ2) is 9.14. The number of morpholine rings is 1. The van der Waals surface area contributed by atoms with Crippen LogP contribution in [0, 0.1) is 0 Å². The van der Waals surface area contributed by atoms with E-state index in [1.165, 1.54) is 0 Å². The van der Waals surface area contributed by atoms with Crippen LogP contribution in [0.25, 0.3) is 0 Å². The fraction of sp³-hybridized carbons (Fsp3) is 0.600. The Morgan fingerprint density at radius 3 is 2.73 bits per heavy atom. The van der Waals surface area contributed by atoms with Gasteiger partial charge in [-0.2, -0.15) is 0 Å². The van der Waals surface area contributed by atoms with Crippen LogP contribution in [0.1, 0.15) is 43.7 Å². The Morgan fingerprint density at radius 1 is 1.15 bits per heavy atom. The Hall–Kier alpha value is -1.92. The first-order valence-electron chi connectivity index (χ1n) is 9.55. The molecule has 2 heterocycles. The summed E-state index contributed by atoms with van der Waals surface area (Å²) in [6.07, 6.45) is 3.51. The molecule has 2 saturated heterocycles. The quantitative estimate of drug-likeness (QED) is 0.868. The monoisotopic (exact) mass is 360 g/mol. The van der Waals surface area contributed by atoms with Crippen LogP contribution >= 0.6 is 0 Å². The van der Waals surface area contributed by atoms with Gasteiger partial charge in [-0.1, -0.05) is 36.8 Å². The molecule has 2 atom stereocenters. The molecule has 142 valence electrons. The first kappa shape index (κ1) is 18.9. The molecule has 6 nitrogen and oxygen atoms in total. The number of rotatable bonds is 5. The van der Waals surface area contributed by atoms with Gasteiger partial charge in [0.05, 0.1) is 19.3 Å². The second-order valence-electron chi connectivity index (χ2n) is 6.98. The van der Waals surface area contributed by atoms with Crippen LogP contribution in [-0.2, 0) is 14.3 Å². The van der Waals surface area contributed by atoms with Crippen LogP contribution in [0.15, 0.2) is 30.3 Å². The summed E-state index contributed by atoms with van der Waals surface area (Å²) in [5.74, 6) is 0.169. The molecule has 2 aliphatic heterocycles. The smallest absolute Gasteiger partial charge is 0.225 e. The molecule has 1 aromatic carbocycles. The van der Waals surface area contributed by atoms with Gasteiger partial charge in [0, 0.05) is 32.5 Å². The zero-order chi connectivity index (χ0) is 18.4. The molecule has 0 spiro atoms. The molecule has 26 heavy (non-hydrogen) atoms. The number of aliphatic hydroxyl groups is 1. The maximum atomic E-state index is 12.9. The van der Waals surface area contributed by atoms with Gasteiger partial charge in [0.25, 0.3) is 0 Å². The Kier molecular flexibility index (Phi) is 6.63. The lowest BCUT2D eigenvalue weighted by molar-refractivity contribution is -0.150. The number of likely N-dealkylation sites (tertiary alicyclic amines) is 1. The van der Waals surface area contributed by atoms with Crippen LogP contribution in [0.3, 0.4) is 0 Å². The molecule has 2 fully saturated rings. The molecule has 0 radical (unpaired) electrons. The topological polar surface area (TPSA) is 70.1 Å². The summed E-state index contributed by atoms with van der Waals surface area (Å²) in [5, 5.41) is 9.71. The lowest BCUT2D eigenvalue weighted by atomic mass is 9.98. The molecule has 0 saturated carbocycles. The SMILES string of the molecule is O=C1CCCCCN1CCC(=O)N1CCO[C@H](CO)[C@H]1c1ccccc1. The minimum absolute atomic E-state index is 0.0117. The van der Waals surface area contributed by atoms with Crippen molar-refractivity contribution in [1.82, 2.24) is 9.80 Å². The van der Waals surface area contributed by atoms with Crippen LogP contribution in [-0.4, -0.2) is 65.7 Å². The fourth-order valence-electron chi connectivity index (χ4n) is 3.86. The number of amides is 2. The van der Waals surface area contributed by atoms with Gasteiger partial charge >= 0.3 is 0 Å². The second-order valence-corrected chi connectivity index (χ2v) is 6.98. The van der Waals surface area contributed by atoms with Gasteiger partial charge in [-0.15, -0.1) is 0 Å². The van der Waals surface area contributed by atoms with E-state index in [9.17, 15) is 14.7 Å². The maximum absolute atomic E-state index is 12.9. The maximum Gasteiger partial charge on any atom is 0.225 e. The Labute approximate surface area is 154 Å². The van der Waals surface area contributed by atoms with Gasteiger partial charge in [-0.3, -0.25) is 9.59 Å². The highest BCUT2D eigenvalue weighted by Gasteiger charge is 2.36. The zero-order valence-electron chi connectivity index (χ0n) is 15.2. The van der Waals surface area contributed by atoms with Gasteiger partial charge in [-0.25, -0.2) is 0 Å². The summed E-state index contributed by atoms with van der Waals surface area (Å²) in [6, 6.07) is 9.41. The summed E-state index contributed by atoms with van der Waals surface area (Å²) in [6.45, 7) is 2.01. The highest BCUT2D eigenvalue weighted by atomic mass is 16.5. The summed E-state index contributed by atoms with van der Waals surface area (Å²) < 4.78 is 5.69. The molecule has 0 bridgehead atoms. The third kappa shape index (κ3) is 4.43. The molecule has 0 unspecified atom stereocenters. The summed E-state index contributed by atoms with van der Waals surface area (Å²) in [4.78, 5) is 28.7. The van der Waals surface area contributed by atoms with Crippen LogP contribution in [0.5, 0.6) is 0 Å². The molecule has 2 aliphatic rings. The lowest BCUT2D eigenvalue weighted by Gasteiger charge is -2.41. The van der Waals surface area contributed by atoms with Gasteiger partial charge in [0.1, 0.15) is 6.10 Å². The van der Waals surface area contributed by atoms with E-state index >= 15 is 0 Å². The van der Waals surface area contributed by atoms with E-state index in [4.69, 9.17) is 4.74 Å². The van der Waals surface area contributed by atoms with Crippen LogP contribution in [0.2, 0.25) is 0 Å². The van der Waals surface area contributed by atoms with E-state index in [-0.39, 0.29) is 24.5 Å². The predicted molar refractivity (Wildman–Crippen MR) is 97.4 cm³/mol. The van der Waals surface area contributed by atoms with Crippen molar-refractivity contribution in [2.24, 2.45) is 0 Å². The van der Waals surface area contributed by atoms with E-state index in [1.54, 1.807) is 0 Å². The molecule has 1 aromatic rings. The third-order valence-corrected chi connectivity index (χ3v) is 5.26. The number of carbonyl (C=O) groups is 2. The summed E-state index contributed by atoms with van der Waals surface area (Å²) in [7, 11) is 0. The van der Waals surface area contributed by atoms with E-state index in [2.05, 4.69) is 0 Å². The normalized spacial score (nSPS) is 24.4. The van der Waals surface area contributed by atoms with Crippen molar-refractivity contribution < 1.29 is 19.4 Å². The van der Waals surface area contributed by atoms with Gasteiger partial charge in [0.15, 0.2) is 0 Å². The molecule has 6 heteroatoms. The van der Waals surface area contributed by atoms with Crippen LogP contribution in [0.4, 0.5) is 0 Å². The zero-order valence-corrected chi connectivity index (χ0v) is 15.2. The Bertz CT molecular complexity index is 607. The number of carbonyl (C=O) groups excluding carboxylic acids is 2. The highest BCUT2D eigenvalue weighted by Crippen LogP contribution is 2.30. The average Bonchev–Trinajstić information content (AvgIpc) is 2.90. The van der Waals surface area contributed by atoms with Gasteiger partial charge in [-0.05, 0) is 18.4 Å². The number of ether oxygens (including phenoxy) is 1. The molecule has 1 N–H and O–H groups in total. The molecule has 0 aliphatic carbocycles. The number of benzene rings is 1. The number of nitrogens with zero attached hydrogens (tertiary/aromatic N) is 2. The van der Waals surface area contributed by atoms with Crippen molar-refractivity contribution in [3.8, 4) is 0 Å². The third-order valence-electron chi connectivity index (χ3n) is 5.26. The summed E-state index contributed by atoms with van der Waals surface area (Å²) >= 11 is 0. The first-order chi connectivity index (χ1) is 12.7. The number of aliphatic hydroxyl groups excluding tert-OH is 1. The van der Waals surface area contributed by atoms with E-state index in [0.717, 1.165) is 31.4 Å².